The molecule has 33 heavy (non-hydrogen) atoms. The van der Waals surface area contributed by atoms with E-state index in [4.69, 9.17) is 25.8 Å². The molecule has 0 fully saturated rings. The smallest absolute Gasteiger partial charge is 0.240 e. The quantitative estimate of drug-likeness (QED) is 0.503. The average Bonchev–Trinajstić information content (AvgIpc) is 2.74. The summed E-state index contributed by atoms with van der Waals surface area (Å²) in [4.78, 5) is 12.5. The molecule has 0 heterocycles. The first kappa shape index (κ1) is 26.6. The van der Waals surface area contributed by atoms with Crippen molar-refractivity contribution in [2.75, 3.05) is 44.5 Å². The fourth-order valence-corrected chi connectivity index (χ4v) is 4.10. The van der Waals surface area contributed by atoms with Crippen molar-refractivity contribution in [2.45, 2.75) is 26.2 Å². The van der Waals surface area contributed by atoms with Crippen LogP contribution in [0.5, 0.6) is 17.2 Å². The van der Waals surface area contributed by atoms with Crippen molar-refractivity contribution >= 4 is 33.2 Å². The van der Waals surface area contributed by atoms with Gasteiger partial charge >= 0.3 is 0 Å². The van der Waals surface area contributed by atoms with Gasteiger partial charge in [-0.05, 0) is 23.1 Å². The molecule has 0 unspecified atom stereocenters. The van der Waals surface area contributed by atoms with Crippen LogP contribution in [0.4, 0.5) is 5.69 Å². The molecule has 2 aromatic carbocycles. The molecule has 1 N–H and O–H groups in total. The van der Waals surface area contributed by atoms with Crippen molar-refractivity contribution in [1.29, 1.82) is 0 Å². The highest BCUT2D eigenvalue weighted by atomic mass is 35.5. The van der Waals surface area contributed by atoms with Crippen LogP contribution in [0.15, 0.2) is 36.4 Å². The van der Waals surface area contributed by atoms with Gasteiger partial charge in [0.1, 0.15) is 30.4 Å². The predicted molar refractivity (Wildman–Crippen MR) is 130 cm³/mol. The monoisotopic (exact) mass is 498 g/mol. The number of halogens is 1. The molecule has 2 aromatic rings. The second kappa shape index (κ2) is 11.0. The number of rotatable bonds is 10. The summed E-state index contributed by atoms with van der Waals surface area (Å²) < 4.78 is 41.9. The first-order chi connectivity index (χ1) is 15.4. The molecule has 0 saturated carbocycles. The van der Waals surface area contributed by atoms with Crippen LogP contribution in [0.25, 0.3) is 0 Å². The summed E-state index contributed by atoms with van der Waals surface area (Å²) in [6.45, 7) is 6.39. The number of nitrogens with one attached hydrogen (secondary N) is 1. The highest BCUT2D eigenvalue weighted by molar-refractivity contribution is 7.92. The number of benzene rings is 2. The highest BCUT2D eigenvalue weighted by Crippen LogP contribution is 2.38. The van der Waals surface area contributed by atoms with E-state index in [1.54, 1.807) is 0 Å². The van der Waals surface area contributed by atoms with Crippen LogP contribution in [0.1, 0.15) is 26.3 Å². The van der Waals surface area contributed by atoms with E-state index < -0.39 is 22.5 Å². The summed E-state index contributed by atoms with van der Waals surface area (Å²) in [5, 5.41) is 2.92. The molecule has 0 radical (unpaired) electrons. The van der Waals surface area contributed by atoms with Gasteiger partial charge in [0.05, 0.1) is 37.7 Å². The largest absolute Gasteiger partial charge is 0.495 e. The Bertz CT molecular complexity index is 1070. The number of amides is 1. The van der Waals surface area contributed by atoms with Gasteiger partial charge < -0.3 is 19.5 Å². The predicted octanol–water partition coefficient (Wildman–Crippen LogP) is 3.62. The lowest BCUT2D eigenvalue weighted by Crippen LogP contribution is -2.41. The van der Waals surface area contributed by atoms with Gasteiger partial charge in [-0.15, -0.1) is 0 Å². The van der Waals surface area contributed by atoms with Gasteiger partial charge in [0.15, 0.2) is 0 Å². The van der Waals surface area contributed by atoms with Gasteiger partial charge in [-0.25, -0.2) is 8.42 Å². The number of nitrogens with zero attached hydrogens (tertiary/aromatic N) is 1. The molecule has 0 saturated heterocycles. The molecule has 0 spiro atoms. The molecule has 0 bridgehead atoms. The minimum Gasteiger partial charge on any atom is -0.495 e. The maximum Gasteiger partial charge on any atom is 0.240 e. The summed E-state index contributed by atoms with van der Waals surface area (Å²) in [6.07, 6.45) is 1.01. The third-order valence-corrected chi connectivity index (χ3v) is 6.24. The summed E-state index contributed by atoms with van der Waals surface area (Å²) >= 11 is 6.10. The van der Waals surface area contributed by atoms with E-state index in [2.05, 4.69) is 26.1 Å². The minimum atomic E-state index is -3.81. The van der Waals surface area contributed by atoms with Gasteiger partial charge in [-0.2, -0.15) is 0 Å². The number of hydrogen-bond donors (Lipinski definition) is 1. The third kappa shape index (κ3) is 7.43. The second-order valence-corrected chi connectivity index (χ2v) is 10.7. The van der Waals surface area contributed by atoms with Crippen LogP contribution in [0.3, 0.4) is 0 Å². The summed E-state index contributed by atoms with van der Waals surface area (Å²) in [6, 6.07) is 10.6. The fourth-order valence-electron chi connectivity index (χ4n) is 3.02. The van der Waals surface area contributed by atoms with E-state index in [-0.39, 0.29) is 40.8 Å². The normalized spacial score (nSPS) is 11.6. The van der Waals surface area contributed by atoms with Crippen LogP contribution in [0, 0.1) is 0 Å². The van der Waals surface area contributed by atoms with Gasteiger partial charge in [0, 0.05) is 12.1 Å². The SMILES string of the molecule is COc1cc(N(CC(=O)NCCOc2ccc(C(C)(C)C)cc2)S(C)(=O)=O)c(OC)cc1Cl. The van der Waals surface area contributed by atoms with Crippen molar-refractivity contribution in [3.05, 3.63) is 47.0 Å². The van der Waals surface area contributed by atoms with Crippen LogP contribution < -0.4 is 23.8 Å². The molecule has 182 valence electrons. The molecule has 0 aliphatic rings. The zero-order valence-electron chi connectivity index (χ0n) is 19.8. The number of hydrogen-bond acceptors (Lipinski definition) is 6. The van der Waals surface area contributed by atoms with Gasteiger partial charge in [-0.3, -0.25) is 9.10 Å². The van der Waals surface area contributed by atoms with Crippen LogP contribution in [-0.4, -0.2) is 54.5 Å². The minimum absolute atomic E-state index is 0.0504. The Morgan fingerprint density at radius 1 is 1.06 bits per heavy atom. The van der Waals surface area contributed by atoms with Crippen molar-refractivity contribution in [3.8, 4) is 17.2 Å². The van der Waals surface area contributed by atoms with E-state index in [0.29, 0.717) is 5.75 Å². The Morgan fingerprint density at radius 2 is 1.67 bits per heavy atom. The van der Waals surface area contributed by atoms with E-state index in [0.717, 1.165) is 10.6 Å². The molecule has 10 heteroatoms. The Morgan fingerprint density at radius 3 is 2.18 bits per heavy atom. The van der Waals surface area contributed by atoms with E-state index >= 15 is 0 Å². The Labute approximate surface area is 200 Å². The number of carbonyl (C=O) groups is 1. The summed E-state index contributed by atoms with van der Waals surface area (Å²) in [5.74, 6) is 0.643. The lowest BCUT2D eigenvalue weighted by Gasteiger charge is -2.24. The molecule has 8 nitrogen and oxygen atoms in total. The zero-order chi connectivity index (χ0) is 24.8. The van der Waals surface area contributed by atoms with Crippen molar-refractivity contribution in [3.63, 3.8) is 0 Å². The molecule has 0 aromatic heterocycles. The number of ether oxygens (including phenoxy) is 3. The maximum atomic E-state index is 12.5. The molecular formula is C23H31ClN2O6S. The number of methoxy groups -OCH3 is 2. The van der Waals surface area contributed by atoms with Gasteiger partial charge in [-0.1, -0.05) is 44.5 Å². The van der Waals surface area contributed by atoms with E-state index in [9.17, 15) is 13.2 Å². The maximum absolute atomic E-state index is 12.5. The van der Waals surface area contributed by atoms with Crippen molar-refractivity contribution < 1.29 is 27.4 Å². The van der Waals surface area contributed by atoms with Crippen molar-refractivity contribution in [2.24, 2.45) is 0 Å². The lowest BCUT2D eigenvalue weighted by molar-refractivity contribution is -0.119. The molecule has 0 atom stereocenters. The zero-order valence-corrected chi connectivity index (χ0v) is 21.3. The van der Waals surface area contributed by atoms with Gasteiger partial charge in [0.25, 0.3) is 0 Å². The average molecular weight is 499 g/mol. The van der Waals surface area contributed by atoms with Crippen LogP contribution in [-0.2, 0) is 20.2 Å². The molecule has 1 amide bonds. The van der Waals surface area contributed by atoms with Gasteiger partial charge in [0.2, 0.25) is 15.9 Å². The molecular weight excluding hydrogens is 468 g/mol. The summed E-state index contributed by atoms with van der Waals surface area (Å²) in [7, 11) is -1.02. The van der Waals surface area contributed by atoms with Crippen molar-refractivity contribution in [1.82, 2.24) is 5.32 Å². The Balaban J connectivity index is 2.02. The standard InChI is InChI=1S/C23H31ClN2O6S/c1-23(2,3)16-7-9-17(10-8-16)32-12-11-25-22(27)15-26(33(6,28)29)19-14-20(30-4)18(24)13-21(19)31-5/h7-10,13-14H,11-12,15H2,1-6H3,(H,25,27). The number of sulfonamides is 1. The molecule has 0 aliphatic heterocycles. The first-order valence-corrected chi connectivity index (χ1v) is 12.5. The molecule has 2 rings (SSSR count). The fraction of sp³-hybridized carbons (Fsp3) is 0.435. The van der Waals surface area contributed by atoms with E-state index in [1.165, 1.54) is 31.9 Å². The number of anilines is 1. The number of carbonyl (C=O) groups excluding carboxylic acids is 1. The van der Waals surface area contributed by atoms with E-state index in [1.807, 2.05) is 24.3 Å². The lowest BCUT2D eigenvalue weighted by atomic mass is 9.87. The summed E-state index contributed by atoms with van der Waals surface area (Å²) in [5.41, 5.74) is 1.39. The topological polar surface area (TPSA) is 94.2 Å². The highest BCUT2D eigenvalue weighted by Gasteiger charge is 2.25. The second-order valence-electron chi connectivity index (χ2n) is 8.40. The van der Waals surface area contributed by atoms with Crippen LogP contribution >= 0.6 is 11.6 Å². The molecule has 0 aliphatic carbocycles. The Hall–Kier alpha value is -2.65. The first-order valence-electron chi connectivity index (χ1n) is 10.3. The van der Waals surface area contributed by atoms with Crippen LogP contribution in [0.2, 0.25) is 5.02 Å². The Kier molecular flexibility index (Phi) is 8.85. The third-order valence-electron chi connectivity index (χ3n) is 4.82.